The highest BCUT2D eigenvalue weighted by molar-refractivity contribution is 6.06. The number of ether oxygens (including phenoxy) is 1. The first kappa shape index (κ1) is 19.5. The lowest BCUT2D eigenvalue weighted by Gasteiger charge is -2.30. The van der Waals surface area contributed by atoms with E-state index in [1.807, 2.05) is 6.07 Å². The van der Waals surface area contributed by atoms with E-state index < -0.39 is 0 Å². The number of hydrogen-bond acceptors (Lipinski definition) is 2. The third kappa shape index (κ3) is 2.62. The molecule has 5 rings (SSSR count). The Morgan fingerprint density at radius 2 is 1.67 bits per heavy atom. The third-order valence-electron chi connectivity index (χ3n) is 7.95. The topological polar surface area (TPSA) is 29.5 Å². The van der Waals surface area contributed by atoms with Gasteiger partial charge in [-0.05, 0) is 83.0 Å². The Hall–Kier alpha value is -2.48. The first-order valence-electron chi connectivity index (χ1n) is 11.6. The Bertz CT molecular complexity index is 1100. The van der Waals surface area contributed by atoms with Crippen LogP contribution in [0.15, 0.2) is 42.5 Å². The summed E-state index contributed by atoms with van der Waals surface area (Å²) in [4.78, 5) is 0. The standard InChI is InChI=1S/C28H32O2/c1-4-28(5-2)23-14-10-9-13-19(23)27-22-15-20(18-11-7-6-8-12-18)26(30-3)16-21(22)25(29)17-24(27)28/h9-10,13-18,29H,4-8,11-12H2,1-3H3. The Labute approximate surface area is 179 Å². The van der Waals surface area contributed by atoms with Crippen LogP contribution in [0.3, 0.4) is 0 Å². The number of hydrogen-bond donors (Lipinski definition) is 1. The Balaban J connectivity index is 1.85. The van der Waals surface area contributed by atoms with Crippen molar-refractivity contribution in [2.45, 2.75) is 70.1 Å². The van der Waals surface area contributed by atoms with E-state index in [2.05, 4.69) is 50.2 Å². The van der Waals surface area contributed by atoms with Crippen LogP contribution in [0.2, 0.25) is 0 Å². The van der Waals surface area contributed by atoms with Gasteiger partial charge in [0.25, 0.3) is 0 Å². The predicted octanol–water partition coefficient (Wildman–Crippen LogP) is 7.69. The number of methoxy groups -OCH3 is 1. The molecule has 0 amide bonds. The molecule has 156 valence electrons. The molecule has 1 N–H and O–H groups in total. The average Bonchev–Trinajstić information content (AvgIpc) is 3.08. The van der Waals surface area contributed by atoms with Crippen molar-refractivity contribution in [3.8, 4) is 22.6 Å². The molecule has 0 aromatic heterocycles. The number of fused-ring (bicyclic) bond motifs is 5. The van der Waals surface area contributed by atoms with Crippen LogP contribution in [0, 0.1) is 0 Å². The molecule has 30 heavy (non-hydrogen) atoms. The van der Waals surface area contributed by atoms with Crippen molar-refractivity contribution in [3.05, 3.63) is 59.2 Å². The fraction of sp³-hybridized carbons (Fsp3) is 0.429. The lowest BCUT2D eigenvalue weighted by molar-refractivity contribution is 0.387. The van der Waals surface area contributed by atoms with Crippen molar-refractivity contribution in [1.82, 2.24) is 0 Å². The van der Waals surface area contributed by atoms with E-state index in [4.69, 9.17) is 4.74 Å². The molecule has 0 bridgehead atoms. The van der Waals surface area contributed by atoms with E-state index in [-0.39, 0.29) is 5.41 Å². The summed E-state index contributed by atoms with van der Waals surface area (Å²) in [5, 5.41) is 13.2. The molecule has 2 nitrogen and oxygen atoms in total. The van der Waals surface area contributed by atoms with Gasteiger partial charge in [-0.15, -0.1) is 0 Å². The maximum Gasteiger partial charge on any atom is 0.123 e. The molecule has 0 radical (unpaired) electrons. The van der Waals surface area contributed by atoms with Gasteiger partial charge in [0, 0.05) is 10.8 Å². The van der Waals surface area contributed by atoms with Gasteiger partial charge in [-0.2, -0.15) is 0 Å². The Kier molecular flexibility index (Phi) is 4.76. The van der Waals surface area contributed by atoms with Crippen LogP contribution in [0.4, 0.5) is 0 Å². The molecule has 0 spiro atoms. The van der Waals surface area contributed by atoms with Gasteiger partial charge in [0.2, 0.25) is 0 Å². The summed E-state index contributed by atoms with van der Waals surface area (Å²) in [5.74, 6) is 1.85. The molecule has 1 saturated carbocycles. The Morgan fingerprint density at radius 3 is 2.37 bits per heavy atom. The van der Waals surface area contributed by atoms with E-state index in [1.54, 1.807) is 7.11 Å². The zero-order chi connectivity index (χ0) is 20.9. The summed E-state index contributed by atoms with van der Waals surface area (Å²) in [7, 11) is 1.76. The van der Waals surface area contributed by atoms with Crippen molar-refractivity contribution in [3.63, 3.8) is 0 Å². The highest BCUT2D eigenvalue weighted by Crippen LogP contribution is 2.57. The highest BCUT2D eigenvalue weighted by atomic mass is 16.5. The van der Waals surface area contributed by atoms with E-state index in [1.165, 1.54) is 65.3 Å². The molecule has 2 aliphatic carbocycles. The van der Waals surface area contributed by atoms with Crippen LogP contribution in [0.25, 0.3) is 21.9 Å². The molecule has 2 heteroatoms. The van der Waals surface area contributed by atoms with Gasteiger partial charge in [0.1, 0.15) is 11.5 Å². The summed E-state index contributed by atoms with van der Waals surface area (Å²) in [6.45, 7) is 4.55. The van der Waals surface area contributed by atoms with Crippen LogP contribution in [0.5, 0.6) is 11.5 Å². The zero-order valence-electron chi connectivity index (χ0n) is 18.4. The lowest BCUT2D eigenvalue weighted by atomic mass is 9.73. The van der Waals surface area contributed by atoms with Crippen LogP contribution >= 0.6 is 0 Å². The third-order valence-corrected chi connectivity index (χ3v) is 7.95. The largest absolute Gasteiger partial charge is 0.507 e. The predicted molar refractivity (Wildman–Crippen MR) is 125 cm³/mol. The minimum absolute atomic E-state index is 0.0253. The normalized spacial score (nSPS) is 17.7. The SMILES string of the molecule is CCC1(CC)c2ccccc2-c2c1cc(O)c1cc(OC)c(C3CCCCC3)cc21. The maximum atomic E-state index is 11.1. The van der Waals surface area contributed by atoms with Crippen molar-refractivity contribution >= 4 is 10.8 Å². The van der Waals surface area contributed by atoms with Crippen LogP contribution in [-0.4, -0.2) is 12.2 Å². The quantitative estimate of drug-likeness (QED) is 0.486. The van der Waals surface area contributed by atoms with Crippen molar-refractivity contribution in [2.24, 2.45) is 0 Å². The smallest absolute Gasteiger partial charge is 0.123 e. The number of phenolic OH excluding ortho intramolecular Hbond substituents is 1. The molecule has 0 aliphatic heterocycles. The summed E-state index contributed by atoms with van der Waals surface area (Å²) >= 11 is 0. The number of aromatic hydroxyl groups is 1. The molecular weight excluding hydrogens is 368 g/mol. The van der Waals surface area contributed by atoms with Crippen molar-refractivity contribution < 1.29 is 9.84 Å². The van der Waals surface area contributed by atoms with Gasteiger partial charge in [0.15, 0.2) is 0 Å². The van der Waals surface area contributed by atoms with Crippen LogP contribution < -0.4 is 4.74 Å². The number of benzene rings is 3. The van der Waals surface area contributed by atoms with Gasteiger partial charge in [-0.1, -0.05) is 57.4 Å². The average molecular weight is 401 g/mol. The van der Waals surface area contributed by atoms with Gasteiger partial charge in [-0.3, -0.25) is 0 Å². The molecule has 3 aromatic rings. The number of rotatable bonds is 4. The molecule has 3 aromatic carbocycles. The first-order chi connectivity index (χ1) is 14.6. The van der Waals surface area contributed by atoms with E-state index in [9.17, 15) is 5.11 Å². The molecule has 0 saturated heterocycles. The lowest BCUT2D eigenvalue weighted by Crippen LogP contribution is -2.22. The summed E-state index contributed by atoms with van der Waals surface area (Å²) in [5.41, 5.74) is 6.65. The van der Waals surface area contributed by atoms with Crippen LogP contribution in [0.1, 0.15) is 81.4 Å². The zero-order valence-corrected chi connectivity index (χ0v) is 18.4. The maximum absolute atomic E-state index is 11.1. The Morgan fingerprint density at radius 1 is 0.933 bits per heavy atom. The first-order valence-corrected chi connectivity index (χ1v) is 11.6. The molecule has 0 unspecified atom stereocenters. The van der Waals surface area contributed by atoms with E-state index in [0.717, 1.165) is 24.0 Å². The second-order valence-corrected chi connectivity index (χ2v) is 9.13. The highest BCUT2D eigenvalue weighted by Gasteiger charge is 2.41. The van der Waals surface area contributed by atoms with Gasteiger partial charge in [-0.25, -0.2) is 0 Å². The van der Waals surface area contributed by atoms with E-state index in [0.29, 0.717) is 11.7 Å². The van der Waals surface area contributed by atoms with Crippen molar-refractivity contribution in [2.75, 3.05) is 7.11 Å². The second kappa shape index (κ2) is 7.34. The fourth-order valence-corrected chi connectivity index (χ4v) is 6.30. The summed E-state index contributed by atoms with van der Waals surface area (Å²) in [6.07, 6.45) is 8.45. The van der Waals surface area contributed by atoms with Gasteiger partial charge >= 0.3 is 0 Å². The fourth-order valence-electron chi connectivity index (χ4n) is 6.30. The molecular formula is C28H32O2. The van der Waals surface area contributed by atoms with Crippen molar-refractivity contribution in [1.29, 1.82) is 0 Å². The summed E-state index contributed by atoms with van der Waals surface area (Å²) < 4.78 is 5.82. The number of phenols is 1. The minimum Gasteiger partial charge on any atom is -0.507 e. The summed E-state index contributed by atoms with van der Waals surface area (Å²) in [6, 6.07) is 15.3. The van der Waals surface area contributed by atoms with E-state index >= 15 is 0 Å². The van der Waals surface area contributed by atoms with Gasteiger partial charge < -0.3 is 9.84 Å². The second-order valence-electron chi connectivity index (χ2n) is 9.13. The molecule has 2 aliphatic rings. The van der Waals surface area contributed by atoms with Crippen LogP contribution in [-0.2, 0) is 5.41 Å². The minimum atomic E-state index is -0.0253. The molecule has 0 heterocycles. The van der Waals surface area contributed by atoms with Gasteiger partial charge in [0.05, 0.1) is 7.11 Å². The molecule has 0 atom stereocenters. The monoisotopic (exact) mass is 400 g/mol. The molecule has 1 fully saturated rings.